The number of rotatable bonds is 6. The number of aryl methyl sites for hydroxylation is 1. The van der Waals surface area contributed by atoms with Gasteiger partial charge in [0, 0.05) is 5.41 Å². The first-order valence-corrected chi connectivity index (χ1v) is 13.8. The Balaban J connectivity index is 1.40. The van der Waals surface area contributed by atoms with E-state index in [2.05, 4.69) is 10.6 Å². The van der Waals surface area contributed by atoms with Crippen molar-refractivity contribution in [2.24, 2.45) is 29.1 Å². The molecule has 1 heterocycles. The summed E-state index contributed by atoms with van der Waals surface area (Å²) in [7, 11) is -3.77. The topological polar surface area (TPSA) is 95.5 Å². The number of benzene rings is 1. The number of hydrogen-bond donors (Lipinski definition) is 3. The summed E-state index contributed by atoms with van der Waals surface area (Å²) in [4.78, 5) is 13.6. The van der Waals surface area contributed by atoms with Crippen LogP contribution in [0.2, 0.25) is 0 Å². The maximum atomic E-state index is 13.6. The standard InChI is InChI=1S/C25H36N2O4S/c1-16-2-4-21(5-3-16)32(30,31)24(20-6-8-26-9-7-20)27-23(29)22(28)25-13-17-10-18(14-25)12-19(11-17)15-25/h2-5,17-20,22,24,26,28H,6-15H2,1H3,(H,27,29). The van der Waals surface area contributed by atoms with Crippen molar-refractivity contribution < 1.29 is 18.3 Å². The molecule has 1 amide bonds. The number of sulfone groups is 1. The van der Waals surface area contributed by atoms with Gasteiger partial charge in [-0.25, -0.2) is 8.42 Å². The van der Waals surface area contributed by atoms with E-state index >= 15 is 0 Å². The van der Waals surface area contributed by atoms with Gasteiger partial charge in [-0.15, -0.1) is 0 Å². The summed E-state index contributed by atoms with van der Waals surface area (Å²) >= 11 is 0. The van der Waals surface area contributed by atoms with Gasteiger partial charge in [-0.05, 0) is 107 Å². The molecule has 32 heavy (non-hydrogen) atoms. The molecule has 5 aliphatic rings. The Labute approximate surface area is 191 Å². The second-order valence-electron chi connectivity index (χ2n) is 11.1. The van der Waals surface area contributed by atoms with E-state index < -0.39 is 27.2 Å². The summed E-state index contributed by atoms with van der Waals surface area (Å²) in [6, 6.07) is 6.83. The van der Waals surface area contributed by atoms with Crippen molar-refractivity contribution in [3.05, 3.63) is 29.8 Å². The lowest BCUT2D eigenvalue weighted by Crippen LogP contribution is -2.58. The molecule has 6 rings (SSSR count). The number of amides is 1. The van der Waals surface area contributed by atoms with Gasteiger partial charge in [0.2, 0.25) is 5.91 Å². The Morgan fingerprint density at radius 1 is 1.03 bits per heavy atom. The molecule has 1 saturated heterocycles. The molecule has 0 spiro atoms. The number of aliphatic hydroxyl groups excluding tert-OH is 1. The minimum atomic E-state index is -3.77. The van der Waals surface area contributed by atoms with E-state index in [0.717, 1.165) is 37.9 Å². The van der Waals surface area contributed by atoms with Crippen molar-refractivity contribution in [3.8, 4) is 0 Å². The van der Waals surface area contributed by atoms with Gasteiger partial charge in [0.25, 0.3) is 0 Å². The number of hydrogen-bond acceptors (Lipinski definition) is 5. The summed E-state index contributed by atoms with van der Waals surface area (Å²) in [5.74, 6) is 1.17. The molecule has 1 aliphatic heterocycles. The molecule has 4 bridgehead atoms. The average molecular weight is 461 g/mol. The minimum Gasteiger partial charge on any atom is -0.383 e. The highest BCUT2D eigenvalue weighted by molar-refractivity contribution is 7.92. The SMILES string of the molecule is Cc1ccc(S(=O)(=O)C(NC(=O)C(O)C23CC4CC(CC(C4)C2)C3)C2CCNCC2)cc1. The first-order valence-electron chi connectivity index (χ1n) is 12.3. The lowest BCUT2D eigenvalue weighted by Gasteiger charge is -2.58. The number of piperidine rings is 1. The van der Waals surface area contributed by atoms with Crippen molar-refractivity contribution >= 4 is 15.7 Å². The maximum Gasteiger partial charge on any atom is 0.250 e. The van der Waals surface area contributed by atoms with E-state index in [9.17, 15) is 18.3 Å². The molecule has 5 fully saturated rings. The van der Waals surface area contributed by atoms with Crippen molar-refractivity contribution in [2.45, 2.75) is 74.7 Å². The molecular weight excluding hydrogens is 424 g/mol. The average Bonchev–Trinajstić information content (AvgIpc) is 2.76. The summed E-state index contributed by atoms with van der Waals surface area (Å²) < 4.78 is 27.3. The molecule has 7 heteroatoms. The highest BCUT2D eigenvalue weighted by atomic mass is 32.2. The third kappa shape index (κ3) is 4.01. The summed E-state index contributed by atoms with van der Waals surface area (Å²) in [6.07, 6.45) is 6.62. The van der Waals surface area contributed by atoms with E-state index in [1.165, 1.54) is 19.3 Å². The van der Waals surface area contributed by atoms with Crippen molar-refractivity contribution in [3.63, 3.8) is 0 Å². The lowest BCUT2D eigenvalue weighted by atomic mass is 9.48. The fourth-order valence-electron chi connectivity index (χ4n) is 7.48. The molecule has 4 aliphatic carbocycles. The van der Waals surface area contributed by atoms with E-state index in [0.29, 0.717) is 30.6 Å². The van der Waals surface area contributed by atoms with Gasteiger partial charge < -0.3 is 15.7 Å². The fraction of sp³-hybridized carbons (Fsp3) is 0.720. The molecule has 2 unspecified atom stereocenters. The molecule has 3 N–H and O–H groups in total. The Morgan fingerprint density at radius 3 is 2.09 bits per heavy atom. The zero-order chi connectivity index (χ0) is 22.5. The Hall–Kier alpha value is -1.44. The number of nitrogens with one attached hydrogen (secondary N) is 2. The van der Waals surface area contributed by atoms with Crippen LogP contribution in [0.3, 0.4) is 0 Å². The fourth-order valence-corrected chi connectivity index (χ4v) is 9.34. The van der Waals surface area contributed by atoms with Gasteiger partial charge in [-0.2, -0.15) is 0 Å². The highest BCUT2D eigenvalue weighted by Gasteiger charge is 2.56. The van der Waals surface area contributed by atoms with E-state index in [4.69, 9.17) is 0 Å². The second-order valence-corrected chi connectivity index (χ2v) is 13.1. The van der Waals surface area contributed by atoms with Crippen LogP contribution >= 0.6 is 0 Å². The molecule has 1 aromatic carbocycles. The highest BCUT2D eigenvalue weighted by Crippen LogP contribution is 2.61. The zero-order valence-corrected chi connectivity index (χ0v) is 19.7. The normalized spacial score (nSPS) is 34.2. The molecular formula is C25H36N2O4S. The molecule has 2 atom stereocenters. The van der Waals surface area contributed by atoms with Crippen LogP contribution in [0.15, 0.2) is 29.2 Å². The number of aliphatic hydroxyl groups is 1. The van der Waals surface area contributed by atoms with Crippen molar-refractivity contribution in [1.82, 2.24) is 10.6 Å². The van der Waals surface area contributed by atoms with Crippen LogP contribution in [-0.2, 0) is 14.6 Å². The Morgan fingerprint density at radius 2 is 1.56 bits per heavy atom. The molecule has 4 saturated carbocycles. The monoisotopic (exact) mass is 460 g/mol. The molecule has 0 aromatic heterocycles. The van der Waals surface area contributed by atoms with Gasteiger partial charge in [0.05, 0.1) is 4.90 Å². The molecule has 176 valence electrons. The van der Waals surface area contributed by atoms with Gasteiger partial charge in [0.15, 0.2) is 9.84 Å². The van der Waals surface area contributed by atoms with Crippen LogP contribution in [-0.4, -0.2) is 44.0 Å². The van der Waals surface area contributed by atoms with Crippen LogP contribution in [0, 0.1) is 36.0 Å². The van der Waals surface area contributed by atoms with Crippen LogP contribution in [0.4, 0.5) is 0 Å². The Kier molecular flexibility index (Phi) is 5.87. The second kappa shape index (κ2) is 8.41. The number of carbonyl (C=O) groups is 1. The largest absolute Gasteiger partial charge is 0.383 e. The predicted molar refractivity (Wildman–Crippen MR) is 123 cm³/mol. The van der Waals surface area contributed by atoms with Crippen LogP contribution in [0.25, 0.3) is 0 Å². The third-order valence-electron chi connectivity index (χ3n) is 8.69. The van der Waals surface area contributed by atoms with Gasteiger partial charge in [-0.3, -0.25) is 4.79 Å². The minimum absolute atomic E-state index is 0.171. The van der Waals surface area contributed by atoms with Crippen molar-refractivity contribution in [2.75, 3.05) is 13.1 Å². The third-order valence-corrected chi connectivity index (χ3v) is 10.8. The van der Waals surface area contributed by atoms with E-state index in [-0.39, 0.29) is 16.2 Å². The van der Waals surface area contributed by atoms with E-state index in [1.54, 1.807) is 24.3 Å². The van der Waals surface area contributed by atoms with E-state index in [1.807, 2.05) is 6.92 Å². The zero-order valence-electron chi connectivity index (χ0n) is 18.9. The van der Waals surface area contributed by atoms with Crippen molar-refractivity contribution in [1.29, 1.82) is 0 Å². The quantitative estimate of drug-likeness (QED) is 0.607. The van der Waals surface area contributed by atoms with Gasteiger partial charge >= 0.3 is 0 Å². The molecule has 6 nitrogen and oxygen atoms in total. The Bertz CT molecular complexity index is 917. The summed E-state index contributed by atoms with van der Waals surface area (Å²) in [5.41, 5.74) is 0.620. The first kappa shape index (κ1) is 22.4. The van der Waals surface area contributed by atoms with Crippen LogP contribution in [0.5, 0.6) is 0 Å². The molecule has 1 aromatic rings. The van der Waals surface area contributed by atoms with Gasteiger partial charge in [0.1, 0.15) is 11.5 Å². The summed E-state index contributed by atoms with van der Waals surface area (Å²) in [5, 5.41) is 16.4. The summed E-state index contributed by atoms with van der Waals surface area (Å²) in [6.45, 7) is 3.39. The number of carbonyl (C=O) groups excluding carboxylic acids is 1. The maximum absolute atomic E-state index is 13.6. The smallest absolute Gasteiger partial charge is 0.250 e. The van der Waals surface area contributed by atoms with Crippen LogP contribution < -0.4 is 10.6 Å². The first-order chi connectivity index (χ1) is 15.3. The predicted octanol–water partition coefficient (Wildman–Crippen LogP) is 2.79. The van der Waals surface area contributed by atoms with Crippen LogP contribution in [0.1, 0.15) is 56.9 Å². The van der Waals surface area contributed by atoms with Gasteiger partial charge in [-0.1, -0.05) is 17.7 Å². The lowest BCUT2D eigenvalue weighted by molar-refractivity contribution is -0.155. The molecule has 0 radical (unpaired) electrons.